The Morgan fingerprint density at radius 1 is 1.31 bits per heavy atom. The van der Waals surface area contributed by atoms with Crippen LogP contribution >= 0.6 is 11.3 Å². The van der Waals surface area contributed by atoms with Gasteiger partial charge in [0.2, 0.25) is 0 Å². The molecule has 0 amide bonds. The molecule has 1 aromatic heterocycles. The molecule has 1 N–H and O–H groups in total. The van der Waals surface area contributed by atoms with Gasteiger partial charge in [0.15, 0.2) is 0 Å². The van der Waals surface area contributed by atoms with Crippen LogP contribution in [0.25, 0.3) is 0 Å². The molecule has 0 unspecified atom stereocenters. The first-order valence-electron chi connectivity index (χ1n) is 4.61. The quantitative estimate of drug-likeness (QED) is 0.811. The van der Waals surface area contributed by atoms with Gasteiger partial charge in [-0.3, -0.25) is 4.98 Å². The molecule has 0 aliphatic rings. The Balaban J connectivity index is 3.06. The minimum atomic E-state index is -0.721. The molecule has 74 valence electrons. The van der Waals surface area contributed by atoms with Crippen molar-refractivity contribution in [1.82, 2.24) is 4.98 Å². The number of aromatic nitrogens is 1. The van der Waals surface area contributed by atoms with Crippen LogP contribution in [-0.2, 0) is 5.60 Å². The van der Waals surface area contributed by atoms with Gasteiger partial charge in [-0.2, -0.15) is 0 Å². The standard InChI is InChI=1S/C10H17NOS/c1-7(2)10(12,8(3)4)9-5-11-6-13-9/h5-8,12H,1-4H3. The topological polar surface area (TPSA) is 33.1 Å². The van der Waals surface area contributed by atoms with Crippen molar-refractivity contribution >= 4 is 11.3 Å². The molecule has 2 nitrogen and oxygen atoms in total. The van der Waals surface area contributed by atoms with E-state index in [4.69, 9.17) is 0 Å². The van der Waals surface area contributed by atoms with Crippen LogP contribution in [0.4, 0.5) is 0 Å². The van der Waals surface area contributed by atoms with E-state index in [1.165, 1.54) is 11.3 Å². The second-order valence-electron chi connectivity index (χ2n) is 4.00. The molecular formula is C10H17NOS. The zero-order valence-corrected chi connectivity index (χ0v) is 9.43. The number of thiazole rings is 1. The lowest BCUT2D eigenvalue weighted by Gasteiger charge is -2.34. The highest BCUT2D eigenvalue weighted by atomic mass is 32.1. The van der Waals surface area contributed by atoms with E-state index in [9.17, 15) is 5.11 Å². The van der Waals surface area contributed by atoms with Crippen LogP contribution in [0.2, 0.25) is 0 Å². The molecule has 0 aliphatic heterocycles. The zero-order chi connectivity index (χ0) is 10.1. The minimum Gasteiger partial charge on any atom is -0.384 e. The van der Waals surface area contributed by atoms with Gasteiger partial charge in [0.1, 0.15) is 5.60 Å². The van der Waals surface area contributed by atoms with Crippen molar-refractivity contribution in [2.24, 2.45) is 11.8 Å². The summed E-state index contributed by atoms with van der Waals surface area (Å²) in [5.41, 5.74) is 1.05. The van der Waals surface area contributed by atoms with E-state index >= 15 is 0 Å². The highest BCUT2D eigenvalue weighted by Crippen LogP contribution is 2.38. The Hall–Kier alpha value is -0.410. The fourth-order valence-electron chi connectivity index (χ4n) is 1.65. The van der Waals surface area contributed by atoms with Crippen LogP contribution in [0.1, 0.15) is 32.6 Å². The van der Waals surface area contributed by atoms with Crippen molar-refractivity contribution in [3.63, 3.8) is 0 Å². The summed E-state index contributed by atoms with van der Waals surface area (Å²) in [5.74, 6) is 0.431. The summed E-state index contributed by atoms with van der Waals surface area (Å²) in [4.78, 5) is 4.98. The lowest BCUT2D eigenvalue weighted by molar-refractivity contribution is -0.0500. The normalized spacial score (nSPS) is 12.8. The van der Waals surface area contributed by atoms with Crippen LogP contribution in [0, 0.1) is 11.8 Å². The third kappa shape index (κ3) is 1.76. The van der Waals surface area contributed by atoms with Crippen molar-refractivity contribution in [2.45, 2.75) is 33.3 Å². The maximum atomic E-state index is 10.5. The Morgan fingerprint density at radius 3 is 2.15 bits per heavy atom. The number of aliphatic hydroxyl groups is 1. The van der Waals surface area contributed by atoms with Crippen molar-refractivity contribution in [1.29, 1.82) is 0 Å². The van der Waals surface area contributed by atoms with Crippen LogP contribution in [0.15, 0.2) is 11.7 Å². The van der Waals surface area contributed by atoms with Crippen LogP contribution in [-0.4, -0.2) is 10.1 Å². The van der Waals surface area contributed by atoms with Crippen molar-refractivity contribution < 1.29 is 5.11 Å². The van der Waals surface area contributed by atoms with Gasteiger partial charge in [-0.05, 0) is 11.8 Å². The SMILES string of the molecule is CC(C)C(O)(c1cncs1)C(C)C. The molecule has 0 radical (unpaired) electrons. The summed E-state index contributed by atoms with van der Waals surface area (Å²) in [6, 6.07) is 0. The molecule has 0 saturated heterocycles. The summed E-state index contributed by atoms with van der Waals surface area (Å²) < 4.78 is 0. The van der Waals surface area contributed by atoms with Gasteiger partial charge in [0.05, 0.1) is 10.4 Å². The summed E-state index contributed by atoms with van der Waals surface area (Å²) >= 11 is 1.53. The maximum absolute atomic E-state index is 10.5. The maximum Gasteiger partial charge on any atom is 0.105 e. The molecule has 0 atom stereocenters. The average molecular weight is 199 g/mol. The molecule has 0 saturated carbocycles. The largest absolute Gasteiger partial charge is 0.384 e. The van der Waals surface area contributed by atoms with Gasteiger partial charge in [0.25, 0.3) is 0 Å². The Kier molecular flexibility index (Phi) is 3.09. The van der Waals surface area contributed by atoms with Crippen molar-refractivity contribution in [3.05, 3.63) is 16.6 Å². The van der Waals surface area contributed by atoms with Gasteiger partial charge in [-0.25, -0.2) is 0 Å². The van der Waals surface area contributed by atoms with Crippen LogP contribution in [0.5, 0.6) is 0 Å². The zero-order valence-electron chi connectivity index (χ0n) is 8.61. The van der Waals surface area contributed by atoms with Gasteiger partial charge in [-0.1, -0.05) is 27.7 Å². The molecule has 3 heteroatoms. The van der Waals surface area contributed by atoms with E-state index < -0.39 is 5.60 Å². The first-order valence-corrected chi connectivity index (χ1v) is 5.48. The van der Waals surface area contributed by atoms with E-state index in [1.54, 1.807) is 11.7 Å². The third-order valence-corrected chi connectivity index (χ3v) is 3.50. The van der Waals surface area contributed by atoms with Crippen molar-refractivity contribution in [2.75, 3.05) is 0 Å². The Morgan fingerprint density at radius 2 is 1.85 bits per heavy atom. The molecule has 1 rings (SSSR count). The highest BCUT2D eigenvalue weighted by molar-refractivity contribution is 7.09. The van der Waals surface area contributed by atoms with E-state index in [2.05, 4.69) is 4.98 Å². The lowest BCUT2D eigenvalue weighted by Crippen LogP contribution is -2.36. The van der Waals surface area contributed by atoms with E-state index in [0.717, 1.165) is 4.88 Å². The smallest absolute Gasteiger partial charge is 0.105 e. The Bertz CT molecular complexity index is 246. The van der Waals surface area contributed by atoms with Gasteiger partial charge >= 0.3 is 0 Å². The van der Waals surface area contributed by atoms with E-state index in [1.807, 2.05) is 27.7 Å². The number of hydrogen-bond acceptors (Lipinski definition) is 3. The molecule has 13 heavy (non-hydrogen) atoms. The monoisotopic (exact) mass is 199 g/mol. The summed E-state index contributed by atoms with van der Waals surface area (Å²) in [5, 5.41) is 10.5. The number of rotatable bonds is 3. The fraction of sp³-hybridized carbons (Fsp3) is 0.700. The third-order valence-electron chi connectivity index (χ3n) is 2.59. The first kappa shape index (κ1) is 10.7. The van der Waals surface area contributed by atoms with Gasteiger partial charge < -0.3 is 5.11 Å². The number of nitrogens with zero attached hydrogens (tertiary/aromatic N) is 1. The van der Waals surface area contributed by atoms with Crippen LogP contribution in [0.3, 0.4) is 0 Å². The molecule has 0 aliphatic carbocycles. The number of hydrogen-bond donors (Lipinski definition) is 1. The predicted octanol–water partition coefficient (Wildman–Crippen LogP) is 2.64. The molecule has 0 spiro atoms. The molecular weight excluding hydrogens is 182 g/mol. The van der Waals surface area contributed by atoms with Gasteiger partial charge in [0, 0.05) is 6.20 Å². The van der Waals surface area contributed by atoms with Crippen molar-refractivity contribution in [3.8, 4) is 0 Å². The molecule has 0 bridgehead atoms. The lowest BCUT2D eigenvalue weighted by atomic mass is 9.79. The van der Waals surface area contributed by atoms with Gasteiger partial charge in [-0.15, -0.1) is 11.3 Å². The summed E-state index contributed by atoms with van der Waals surface area (Å²) in [6.45, 7) is 8.17. The summed E-state index contributed by atoms with van der Waals surface area (Å²) in [6.07, 6.45) is 1.77. The second-order valence-corrected chi connectivity index (χ2v) is 4.89. The first-order chi connectivity index (χ1) is 5.99. The summed E-state index contributed by atoms with van der Waals surface area (Å²) in [7, 11) is 0. The van der Waals surface area contributed by atoms with E-state index in [-0.39, 0.29) is 11.8 Å². The predicted molar refractivity (Wildman–Crippen MR) is 55.7 cm³/mol. The Labute approximate surface area is 83.6 Å². The molecule has 1 aromatic rings. The van der Waals surface area contributed by atoms with Crippen LogP contribution < -0.4 is 0 Å². The average Bonchev–Trinajstić information content (AvgIpc) is 2.54. The second kappa shape index (κ2) is 3.76. The minimum absolute atomic E-state index is 0.216. The molecule has 1 heterocycles. The molecule has 0 fully saturated rings. The molecule has 0 aromatic carbocycles. The van der Waals surface area contributed by atoms with E-state index in [0.29, 0.717) is 0 Å². The highest BCUT2D eigenvalue weighted by Gasteiger charge is 2.37. The fourth-order valence-corrected chi connectivity index (χ4v) is 2.67.